The van der Waals surface area contributed by atoms with Gasteiger partial charge in [-0.05, 0) is 30.4 Å². The molecular formula is C16H13NO4. The largest absolute Gasteiger partial charge is 0.478 e. The van der Waals surface area contributed by atoms with Gasteiger partial charge in [0.05, 0.1) is 23.1 Å². The number of amides is 2. The minimum atomic E-state index is -1.13. The Hall–Kier alpha value is -2.43. The number of aromatic carboxylic acids is 1. The topological polar surface area (TPSA) is 74.7 Å². The first-order chi connectivity index (χ1) is 10.1. The van der Waals surface area contributed by atoms with Crippen LogP contribution in [0.1, 0.15) is 16.8 Å². The smallest absolute Gasteiger partial charge is 0.337 e. The zero-order chi connectivity index (χ0) is 14.7. The van der Waals surface area contributed by atoms with Gasteiger partial charge >= 0.3 is 5.97 Å². The standard InChI is InChI=1S/C16H13NO4/c18-14-12-8-5-6-9(7-8)13(12)15(19)17(14)11-4-2-1-3-10(11)16(20)21/h1-6,8-9,12-13H,7H2,(H,20,21)/t8-,9-,12-,13-/m0/s1. The number of hydrogen-bond acceptors (Lipinski definition) is 3. The van der Waals surface area contributed by atoms with E-state index in [0.717, 1.165) is 11.3 Å². The van der Waals surface area contributed by atoms with Gasteiger partial charge in [0.25, 0.3) is 0 Å². The molecule has 2 aliphatic carbocycles. The quantitative estimate of drug-likeness (QED) is 0.662. The fourth-order valence-electron chi connectivity index (χ4n) is 3.99. The van der Waals surface area contributed by atoms with E-state index in [1.807, 2.05) is 12.2 Å². The van der Waals surface area contributed by atoms with Gasteiger partial charge in [-0.15, -0.1) is 0 Å². The number of rotatable bonds is 2. The number of para-hydroxylation sites is 1. The molecule has 1 aromatic carbocycles. The Morgan fingerprint density at radius 1 is 1.05 bits per heavy atom. The molecule has 0 aromatic heterocycles. The SMILES string of the molecule is O=C(O)c1ccccc1N1C(=O)[C@@H]2[C@@H](C1=O)[C@H]1C=C[C@H]2C1. The van der Waals surface area contributed by atoms with E-state index >= 15 is 0 Å². The second-order valence-corrected chi connectivity index (χ2v) is 5.83. The van der Waals surface area contributed by atoms with E-state index in [1.54, 1.807) is 12.1 Å². The van der Waals surface area contributed by atoms with Crippen LogP contribution in [0.3, 0.4) is 0 Å². The summed E-state index contributed by atoms with van der Waals surface area (Å²) in [6.45, 7) is 0. The number of carboxylic acid groups (broad SMARTS) is 1. The summed E-state index contributed by atoms with van der Waals surface area (Å²) in [6, 6.07) is 6.17. The van der Waals surface area contributed by atoms with Gasteiger partial charge in [0.15, 0.2) is 0 Å². The van der Waals surface area contributed by atoms with E-state index in [2.05, 4.69) is 0 Å². The molecule has 1 saturated carbocycles. The van der Waals surface area contributed by atoms with E-state index in [1.165, 1.54) is 12.1 Å². The van der Waals surface area contributed by atoms with Crippen LogP contribution in [-0.2, 0) is 9.59 Å². The molecule has 1 aliphatic heterocycles. The van der Waals surface area contributed by atoms with Crippen LogP contribution in [0.25, 0.3) is 0 Å². The third-order valence-corrected chi connectivity index (χ3v) is 4.85. The van der Waals surface area contributed by atoms with Crippen LogP contribution in [0.5, 0.6) is 0 Å². The fraction of sp³-hybridized carbons (Fsp3) is 0.312. The lowest BCUT2D eigenvalue weighted by atomic mass is 9.85. The van der Waals surface area contributed by atoms with Gasteiger partial charge in [0.2, 0.25) is 11.8 Å². The number of carbonyl (C=O) groups excluding carboxylic acids is 2. The van der Waals surface area contributed by atoms with Crippen molar-refractivity contribution in [2.75, 3.05) is 4.90 Å². The molecule has 5 heteroatoms. The van der Waals surface area contributed by atoms with Crippen LogP contribution < -0.4 is 4.90 Å². The predicted molar refractivity (Wildman–Crippen MR) is 73.6 cm³/mol. The Morgan fingerprint density at radius 3 is 2.19 bits per heavy atom. The van der Waals surface area contributed by atoms with Crippen molar-refractivity contribution in [2.45, 2.75) is 6.42 Å². The maximum Gasteiger partial charge on any atom is 0.337 e. The molecule has 1 aromatic rings. The summed E-state index contributed by atoms with van der Waals surface area (Å²) in [7, 11) is 0. The lowest BCUT2D eigenvalue weighted by Crippen LogP contribution is -2.34. The molecule has 1 N–H and O–H groups in total. The monoisotopic (exact) mass is 283 g/mol. The third-order valence-electron chi connectivity index (χ3n) is 4.85. The summed E-state index contributed by atoms with van der Waals surface area (Å²) in [6.07, 6.45) is 4.90. The van der Waals surface area contributed by atoms with Crippen molar-refractivity contribution in [1.29, 1.82) is 0 Å². The molecule has 0 radical (unpaired) electrons. The molecule has 2 fully saturated rings. The summed E-state index contributed by atoms with van der Waals surface area (Å²) >= 11 is 0. The van der Waals surface area contributed by atoms with Crippen molar-refractivity contribution in [3.8, 4) is 0 Å². The van der Waals surface area contributed by atoms with Gasteiger partial charge in [-0.25, -0.2) is 9.69 Å². The Morgan fingerprint density at radius 2 is 1.62 bits per heavy atom. The Balaban J connectivity index is 1.80. The van der Waals surface area contributed by atoms with Gasteiger partial charge in [-0.2, -0.15) is 0 Å². The van der Waals surface area contributed by atoms with Crippen molar-refractivity contribution in [1.82, 2.24) is 0 Å². The van der Waals surface area contributed by atoms with Crippen LogP contribution in [0.2, 0.25) is 0 Å². The molecule has 5 nitrogen and oxygen atoms in total. The van der Waals surface area contributed by atoms with Crippen molar-refractivity contribution in [3.63, 3.8) is 0 Å². The molecule has 2 bridgehead atoms. The highest BCUT2D eigenvalue weighted by Gasteiger charge is 2.59. The first-order valence-electron chi connectivity index (χ1n) is 6.98. The Kier molecular flexibility index (Phi) is 2.37. The minimum Gasteiger partial charge on any atom is -0.478 e. The van der Waals surface area contributed by atoms with Gasteiger partial charge in [0.1, 0.15) is 0 Å². The Labute approximate surface area is 120 Å². The van der Waals surface area contributed by atoms with Crippen molar-refractivity contribution in [3.05, 3.63) is 42.0 Å². The van der Waals surface area contributed by atoms with Gasteiger partial charge in [-0.1, -0.05) is 24.3 Å². The van der Waals surface area contributed by atoms with Crippen LogP contribution in [0, 0.1) is 23.7 Å². The molecule has 4 atom stereocenters. The van der Waals surface area contributed by atoms with E-state index in [-0.39, 0.29) is 46.7 Å². The summed E-state index contributed by atoms with van der Waals surface area (Å²) < 4.78 is 0. The second-order valence-electron chi connectivity index (χ2n) is 5.83. The molecule has 1 heterocycles. The molecule has 3 aliphatic rings. The van der Waals surface area contributed by atoms with Gasteiger partial charge in [-0.3, -0.25) is 9.59 Å². The minimum absolute atomic E-state index is 0.0144. The molecule has 4 rings (SSSR count). The van der Waals surface area contributed by atoms with Crippen LogP contribution in [0.15, 0.2) is 36.4 Å². The molecule has 2 amide bonds. The predicted octanol–water partition coefficient (Wildman–Crippen LogP) is 1.70. The number of benzene rings is 1. The molecule has 0 unspecified atom stereocenters. The van der Waals surface area contributed by atoms with Crippen LogP contribution in [0.4, 0.5) is 5.69 Å². The van der Waals surface area contributed by atoms with Crippen molar-refractivity contribution >= 4 is 23.5 Å². The highest BCUT2D eigenvalue weighted by molar-refractivity contribution is 6.24. The number of carbonyl (C=O) groups is 3. The van der Waals surface area contributed by atoms with Crippen LogP contribution >= 0.6 is 0 Å². The van der Waals surface area contributed by atoms with E-state index < -0.39 is 5.97 Å². The average molecular weight is 283 g/mol. The molecule has 21 heavy (non-hydrogen) atoms. The van der Waals surface area contributed by atoms with E-state index in [4.69, 9.17) is 0 Å². The summed E-state index contributed by atoms with van der Waals surface area (Å²) in [5.74, 6) is -2.02. The number of carboxylic acids is 1. The highest BCUT2D eigenvalue weighted by atomic mass is 16.4. The first kappa shape index (κ1) is 12.3. The lowest BCUT2D eigenvalue weighted by Gasteiger charge is -2.19. The Bertz CT molecular complexity index is 678. The molecule has 106 valence electrons. The zero-order valence-electron chi connectivity index (χ0n) is 11.1. The van der Waals surface area contributed by atoms with Crippen LogP contribution in [-0.4, -0.2) is 22.9 Å². The second kappa shape index (κ2) is 4.04. The number of allylic oxidation sites excluding steroid dienone is 2. The normalized spacial score (nSPS) is 32.9. The average Bonchev–Trinajstić information content (AvgIpc) is 3.13. The fourth-order valence-corrected chi connectivity index (χ4v) is 3.99. The maximum atomic E-state index is 12.6. The van der Waals surface area contributed by atoms with E-state index in [9.17, 15) is 19.5 Å². The van der Waals surface area contributed by atoms with Gasteiger partial charge in [0, 0.05) is 0 Å². The first-order valence-corrected chi connectivity index (χ1v) is 6.98. The van der Waals surface area contributed by atoms with Crippen molar-refractivity contribution < 1.29 is 19.5 Å². The maximum absolute atomic E-state index is 12.6. The van der Waals surface area contributed by atoms with Crippen molar-refractivity contribution in [2.24, 2.45) is 23.7 Å². The number of hydrogen-bond donors (Lipinski definition) is 1. The molecular weight excluding hydrogens is 270 g/mol. The van der Waals surface area contributed by atoms with E-state index in [0.29, 0.717) is 0 Å². The zero-order valence-corrected chi connectivity index (χ0v) is 11.1. The number of fused-ring (bicyclic) bond motifs is 5. The summed E-state index contributed by atoms with van der Waals surface area (Å²) in [5.41, 5.74) is 0.174. The summed E-state index contributed by atoms with van der Waals surface area (Å²) in [5, 5.41) is 9.26. The number of nitrogens with zero attached hydrogens (tertiary/aromatic N) is 1. The number of anilines is 1. The highest BCUT2D eigenvalue weighted by Crippen LogP contribution is 2.53. The summed E-state index contributed by atoms with van der Waals surface area (Å²) in [4.78, 5) is 37.7. The third kappa shape index (κ3) is 1.48. The lowest BCUT2D eigenvalue weighted by molar-refractivity contribution is -0.123. The van der Waals surface area contributed by atoms with Gasteiger partial charge < -0.3 is 5.11 Å². The molecule has 0 spiro atoms. The number of imide groups is 1. The molecule has 1 saturated heterocycles.